The molecule has 2 unspecified atom stereocenters. The summed E-state index contributed by atoms with van der Waals surface area (Å²) in [7, 11) is 0. The zero-order valence-corrected chi connectivity index (χ0v) is 24.1. The molecule has 198 valence electrons. The molecule has 10 heteroatoms. The summed E-state index contributed by atoms with van der Waals surface area (Å²) in [6.07, 6.45) is 4.01. The van der Waals surface area contributed by atoms with E-state index < -0.39 is 0 Å². The molecule has 0 radical (unpaired) electrons. The summed E-state index contributed by atoms with van der Waals surface area (Å²) in [5.74, 6) is 0.427. The van der Waals surface area contributed by atoms with Gasteiger partial charge in [-0.2, -0.15) is 0 Å². The highest BCUT2D eigenvalue weighted by Crippen LogP contribution is 2.63. The largest absolute Gasteiger partial charge is 0.488 e. The second-order valence-electron chi connectivity index (χ2n) is 10.5. The van der Waals surface area contributed by atoms with Crippen LogP contribution in [0.25, 0.3) is 21.3 Å². The first kappa shape index (κ1) is 28.1. The van der Waals surface area contributed by atoms with Crippen molar-refractivity contribution >= 4 is 69.8 Å². The number of ether oxygens (including phenoxy) is 1. The molecule has 3 aliphatic rings. The third kappa shape index (κ3) is 4.74. The van der Waals surface area contributed by atoms with Crippen LogP contribution in [0.15, 0.2) is 30.5 Å². The molecule has 6 nitrogen and oxygen atoms in total. The summed E-state index contributed by atoms with van der Waals surface area (Å²) >= 11 is 8.07. The van der Waals surface area contributed by atoms with E-state index in [-0.39, 0.29) is 60.0 Å². The van der Waals surface area contributed by atoms with E-state index in [0.29, 0.717) is 11.6 Å². The molecule has 6 rings (SSSR count). The van der Waals surface area contributed by atoms with Gasteiger partial charge >= 0.3 is 0 Å². The number of amides is 2. The van der Waals surface area contributed by atoms with Crippen LogP contribution in [-0.4, -0.2) is 40.9 Å². The molecule has 2 saturated heterocycles. The van der Waals surface area contributed by atoms with Crippen molar-refractivity contribution < 1.29 is 14.3 Å². The van der Waals surface area contributed by atoms with Crippen LogP contribution >= 0.6 is 47.8 Å². The second-order valence-corrected chi connectivity index (χ2v) is 12.1. The smallest absolute Gasteiger partial charge is 0.234 e. The van der Waals surface area contributed by atoms with Crippen molar-refractivity contribution in [2.45, 2.75) is 46.3 Å². The molecule has 3 atom stereocenters. The molecule has 2 amide bonds. The van der Waals surface area contributed by atoms with Crippen LogP contribution in [0.3, 0.4) is 0 Å². The van der Waals surface area contributed by atoms with Crippen LogP contribution in [0.1, 0.15) is 37.1 Å². The summed E-state index contributed by atoms with van der Waals surface area (Å²) in [6, 6.07) is 7.87. The Labute approximate surface area is 237 Å². The van der Waals surface area contributed by atoms with Crippen molar-refractivity contribution in [3.8, 4) is 16.9 Å². The monoisotopic (exact) mass is 581 g/mol. The van der Waals surface area contributed by atoms with Crippen molar-refractivity contribution in [1.82, 2.24) is 15.2 Å². The number of nitrogens with zero attached hydrogens (tertiary/aromatic N) is 2. The SMILES string of the molecule is Cc1cc(Cl)cc(-c2ccnc3cc(CN4C(=O)C5C(C4=O)C5(C)C)sc23)c1O[C@H]1CCCNC1.Cl.Cl. The number of carbonyl (C=O) groups excluding carboxylic acids is 2. The van der Waals surface area contributed by atoms with Gasteiger partial charge in [0.1, 0.15) is 11.9 Å². The summed E-state index contributed by atoms with van der Waals surface area (Å²) in [5.41, 5.74) is 3.58. The van der Waals surface area contributed by atoms with Gasteiger partial charge in [0.15, 0.2) is 0 Å². The zero-order valence-electron chi connectivity index (χ0n) is 20.9. The Morgan fingerprint density at radius 3 is 2.57 bits per heavy atom. The Bertz CT molecular complexity index is 1350. The fraction of sp³-hybridized carbons (Fsp3) is 0.444. The maximum absolute atomic E-state index is 12.8. The fourth-order valence-electron chi connectivity index (χ4n) is 5.77. The van der Waals surface area contributed by atoms with Crippen LogP contribution in [0.5, 0.6) is 5.75 Å². The highest BCUT2D eigenvalue weighted by atomic mass is 35.5. The number of piperidine rings is 2. The number of fused-ring (bicyclic) bond motifs is 2. The van der Waals surface area contributed by atoms with E-state index in [4.69, 9.17) is 16.3 Å². The number of nitrogens with one attached hydrogen (secondary N) is 1. The van der Waals surface area contributed by atoms with Crippen LogP contribution in [0, 0.1) is 24.2 Å². The van der Waals surface area contributed by atoms with Crippen molar-refractivity contribution in [2.75, 3.05) is 13.1 Å². The lowest BCUT2D eigenvalue weighted by Crippen LogP contribution is -2.37. The van der Waals surface area contributed by atoms with Crippen molar-refractivity contribution in [3.05, 3.63) is 45.9 Å². The van der Waals surface area contributed by atoms with Gasteiger partial charge in [0.2, 0.25) is 11.8 Å². The fourth-order valence-corrected chi connectivity index (χ4v) is 7.17. The minimum atomic E-state index is -0.200. The van der Waals surface area contributed by atoms with Crippen LogP contribution in [0.4, 0.5) is 0 Å². The van der Waals surface area contributed by atoms with Gasteiger partial charge in [-0.05, 0) is 61.6 Å². The highest BCUT2D eigenvalue weighted by molar-refractivity contribution is 7.19. The van der Waals surface area contributed by atoms with Crippen molar-refractivity contribution in [2.24, 2.45) is 17.3 Å². The minimum absolute atomic E-state index is 0. The minimum Gasteiger partial charge on any atom is -0.488 e. The summed E-state index contributed by atoms with van der Waals surface area (Å²) in [4.78, 5) is 32.6. The van der Waals surface area contributed by atoms with E-state index >= 15 is 0 Å². The molecule has 0 spiro atoms. The number of pyridine rings is 1. The van der Waals surface area contributed by atoms with E-state index in [9.17, 15) is 9.59 Å². The molecule has 0 bridgehead atoms. The van der Waals surface area contributed by atoms with E-state index in [1.807, 2.05) is 45.0 Å². The molecule has 2 aliphatic heterocycles. The molecule has 1 N–H and O–H groups in total. The molecule has 1 saturated carbocycles. The first-order chi connectivity index (χ1) is 16.8. The lowest BCUT2D eigenvalue weighted by Gasteiger charge is -2.26. The number of rotatable bonds is 5. The number of benzene rings is 1. The maximum Gasteiger partial charge on any atom is 0.234 e. The third-order valence-electron chi connectivity index (χ3n) is 7.73. The number of carbonyl (C=O) groups is 2. The first-order valence-corrected chi connectivity index (χ1v) is 13.4. The van der Waals surface area contributed by atoms with E-state index in [0.717, 1.165) is 63.5 Å². The van der Waals surface area contributed by atoms with Gasteiger partial charge in [0.05, 0.1) is 28.6 Å². The topological polar surface area (TPSA) is 71.5 Å². The average molecular weight is 583 g/mol. The standard InChI is InChI=1S/C27H28ClN3O3S.2ClH/c1-14-9-15(28)10-19(23(14)34-16-5-4-7-29-12-16)18-6-8-30-20-11-17(35-24(18)20)13-31-25(32)21-22(26(31)33)27(21,2)3;;/h6,8-11,16,21-22,29H,4-5,7,12-13H2,1-3H3;2*1H/t16-,21?,22?;;/m0../s1. The van der Waals surface area contributed by atoms with E-state index in [2.05, 4.69) is 10.3 Å². The molecule has 4 heterocycles. The number of hydrogen-bond donors (Lipinski definition) is 1. The molecule has 37 heavy (non-hydrogen) atoms. The quantitative estimate of drug-likeness (QED) is 0.372. The number of halogens is 3. The number of aryl methyl sites for hydroxylation is 1. The Hall–Kier alpha value is -1.90. The van der Waals surface area contributed by atoms with Gasteiger partial charge < -0.3 is 10.1 Å². The Kier molecular flexibility index (Phi) is 7.86. The molecular formula is C27H30Cl3N3O3S. The molecule has 3 fully saturated rings. The van der Waals surface area contributed by atoms with E-state index in [1.54, 1.807) is 17.5 Å². The first-order valence-electron chi connectivity index (χ1n) is 12.2. The number of imide groups is 1. The van der Waals surface area contributed by atoms with Gasteiger partial charge in [0.25, 0.3) is 0 Å². The normalized spacial score (nSPS) is 23.9. The zero-order chi connectivity index (χ0) is 24.5. The summed E-state index contributed by atoms with van der Waals surface area (Å²) < 4.78 is 7.52. The van der Waals surface area contributed by atoms with Gasteiger partial charge in [0, 0.05) is 33.8 Å². The van der Waals surface area contributed by atoms with Crippen LogP contribution in [0.2, 0.25) is 5.02 Å². The molecule has 1 aliphatic carbocycles. The van der Waals surface area contributed by atoms with Crippen molar-refractivity contribution in [3.63, 3.8) is 0 Å². The second kappa shape index (κ2) is 10.3. The van der Waals surface area contributed by atoms with Gasteiger partial charge in [-0.25, -0.2) is 0 Å². The molecule has 1 aromatic carbocycles. The third-order valence-corrected chi connectivity index (χ3v) is 9.09. The Morgan fingerprint density at radius 1 is 1.16 bits per heavy atom. The number of hydrogen-bond acceptors (Lipinski definition) is 6. The van der Waals surface area contributed by atoms with Gasteiger partial charge in [-0.15, -0.1) is 36.2 Å². The lowest BCUT2D eigenvalue weighted by atomic mass is 10.0. The molecular weight excluding hydrogens is 553 g/mol. The van der Waals surface area contributed by atoms with Gasteiger partial charge in [-0.3, -0.25) is 19.5 Å². The lowest BCUT2D eigenvalue weighted by molar-refractivity contribution is -0.143. The number of thiophene rings is 1. The highest BCUT2D eigenvalue weighted by Gasteiger charge is 2.72. The number of likely N-dealkylation sites (tertiary alicyclic amines) is 1. The predicted molar refractivity (Wildman–Crippen MR) is 152 cm³/mol. The van der Waals surface area contributed by atoms with Crippen LogP contribution in [-0.2, 0) is 16.1 Å². The summed E-state index contributed by atoms with van der Waals surface area (Å²) in [6.45, 7) is 8.18. The average Bonchev–Trinajstić information content (AvgIpc) is 3.07. The summed E-state index contributed by atoms with van der Waals surface area (Å²) in [5, 5.41) is 4.07. The Balaban J connectivity index is 0.00000160. The molecule has 3 aromatic rings. The predicted octanol–water partition coefficient (Wildman–Crippen LogP) is 6.04. The van der Waals surface area contributed by atoms with Crippen LogP contribution < -0.4 is 10.1 Å². The maximum atomic E-state index is 12.8. The number of aromatic nitrogens is 1. The van der Waals surface area contributed by atoms with Crippen molar-refractivity contribution in [1.29, 1.82) is 0 Å². The van der Waals surface area contributed by atoms with Gasteiger partial charge in [-0.1, -0.05) is 25.4 Å². The Morgan fingerprint density at radius 2 is 1.89 bits per heavy atom. The molecule has 2 aromatic heterocycles. The van der Waals surface area contributed by atoms with E-state index in [1.165, 1.54) is 4.90 Å².